The Morgan fingerprint density at radius 2 is 1.87 bits per heavy atom. The van der Waals surface area contributed by atoms with E-state index in [0.717, 1.165) is 48.4 Å². The zero-order chi connectivity index (χ0) is 21.8. The van der Waals surface area contributed by atoms with Gasteiger partial charge in [0.05, 0.1) is 23.0 Å². The topological polar surface area (TPSA) is 82.7 Å². The van der Waals surface area contributed by atoms with Gasteiger partial charge >= 0.3 is 0 Å². The first-order valence-corrected chi connectivity index (χ1v) is 10.8. The summed E-state index contributed by atoms with van der Waals surface area (Å²) in [6.45, 7) is 4.81. The lowest BCUT2D eigenvalue weighted by molar-refractivity contribution is 0.613. The minimum absolute atomic E-state index is 0.141. The van der Waals surface area contributed by atoms with Gasteiger partial charge in [-0.25, -0.2) is 4.98 Å². The van der Waals surface area contributed by atoms with Crippen molar-refractivity contribution in [3.63, 3.8) is 0 Å². The maximum atomic E-state index is 13.2. The SMILES string of the molecule is CCc1ccc(-c2c(-c3ccc(C#N)cc3)nc(NCC3CCNC3)c(=O)n2C)cc1. The number of nitrogens with zero attached hydrogens (tertiary/aromatic N) is 3. The van der Waals surface area contributed by atoms with Gasteiger partial charge in [0.2, 0.25) is 0 Å². The van der Waals surface area contributed by atoms with Gasteiger partial charge in [0.25, 0.3) is 5.56 Å². The Labute approximate surface area is 182 Å². The fourth-order valence-electron chi connectivity index (χ4n) is 4.01. The van der Waals surface area contributed by atoms with Crippen LogP contribution in [0.15, 0.2) is 53.3 Å². The van der Waals surface area contributed by atoms with Gasteiger partial charge in [-0.2, -0.15) is 5.26 Å². The second-order valence-electron chi connectivity index (χ2n) is 8.00. The van der Waals surface area contributed by atoms with Crippen molar-refractivity contribution in [2.75, 3.05) is 25.0 Å². The molecule has 3 aromatic rings. The molecule has 0 amide bonds. The average molecular weight is 414 g/mol. The molecule has 1 aliphatic heterocycles. The fraction of sp³-hybridized carbons (Fsp3) is 0.320. The summed E-state index contributed by atoms with van der Waals surface area (Å²) in [4.78, 5) is 17.9. The van der Waals surface area contributed by atoms with Crippen LogP contribution in [0.1, 0.15) is 24.5 Å². The van der Waals surface area contributed by atoms with Gasteiger partial charge in [0.15, 0.2) is 5.82 Å². The number of benzene rings is 2. The molecule has 0 radical (unpaired) electrons. The van der Waals surface area contributed by atoms with E-state index in [1.807, 2.05) is 24.3 Å². The van der Waals surface area contributed by atoms with Gasteiger partial charge in [0, 0.05) is 24.7 Å². The fourth-order valence-corrected chi connectivity index (χ4v) is 4.01. The van der Waals surface area contributed by atoms with Gasteiger partial charge < -0.3 is 15.2 Å². The van der Waals surface area contributed by atoms with Crippen LogP contribution in [0.4, 0.5) is 5.82 Å². The van der Waals surface area contributed by atoms with E-state index in [-0.39, 0.29) is 5.56 Å². The Bertz CT molecular complexity index is 1150. The predicted octanol–water partition coefficient (Wildman–Crippen LogP) is 3.57. The van der Waals surface area contributed by atoms with Crippen molar-refractivity contribution >= 4 is 5.82 Å². The lowest BCUT2D eigenvalue weighted by Crippen LogP contribution is -2.27. The summed E-state index contributed by atoms with van der Waals surface area (Å²) < 4.78 is 1.68. The number of aryl methyl sites for hydroxylation is 1. The summed E-state index contributed by atoms with van der Waals surface area (Å²) in [6.07, 6.45) is 2.05. The van der Waals surface area contributed by atoms with Crippen molar-refractivity contribution in [2.45, 2.75) is 19.8 Å². The van der Waals surface area contributed by atoms with Gasteiger partial charge in [-0.05, 0) is 49.5 Å². The first-order valence-electron chi connectivity index (χ1n) is 10.8. The van der Waals surface area contributed by atoms with E-state index in [1.54, 1.807) is 23.7 Å². The van der Waals surface area contributed by atoms with Crippen LogP contribution in [0.25, 0.3) is 22.5 Å². The van der Waals surface area contributed by atoms with Gasteiger partial charge in [-0.3, -0.25) is 4.79 Å². The van der Waals surface area contributed by atoms with Crippen LogP contribution >= 0.6 is 0 Å². The van der Waals surface area contributed by atoms with Crippen molar-refractivity contribution in [2.24, 2.45) is 13.0 Å². The van der Waals surface area contributed by atoms with Crippen LogP contribution in [-0.2, 0) is 13.5 Å². The highest BCUT2D eigenvalue weighted by atomic mass is 16.1. The maximum absolute atomic E-state index is 13.2. The number of anilines is 1. The van der Waals surface area contributed by atoms with Gasteiger partial charge in [-0.1, -0.05) is 43.3 Å². The van der Waals surface area contributed by atoms with E-state index in [2.05, 4.69) is 35.8 Å². The average Bonchev–Trinajstić information content (AvgIpc) is 3.34. The Balaban J connectivity index is 1.82. The van der Waals surface area contributed by atoms with Gasteiger partial charge in [-0.15, -0.1) is 0 Å². The Morgan fingerprint density at radius 3 is 2.48 bits per heavy atom. The van der Waals surface area contributed by atoms with E-state index in [0.29, 0.717) is 23.8 Å². The van der Waals surface area contributed by atoms with Crippen LogP contribution in [0, 0.1) is 17.2 Å². The molecule has 4 rings (SSSR count). The number of aromatic nitrogens is 2. The summed E-state index contributed by atoms with van der Waals surface area (Å²) >= 11 is 0. The van der Waals surface area contributed by atoms with Gasteiger partial charge in [0.1, 0.15) is 0 Å². The predicted molar refractivity (Wildman–Crippen MR) is 124 cm³/mol. The number of hydrogen-bond donors (Lipinski definition) is 2. The lowest BCUT2D eigenvalue weighted by atomic mass is 10.0. The summed E-state index contributed by atoms with van der Waals surface area (Å²) in [5, 5.41) is 15.8. The summed E-state index contributed by atoms with van der Waals surface area (Å²) in [7, 11) is 1.79. The van der Waals surface area contributed by atoms with Crippen LogP contribution in [0.3, 0.4) is 0 Å². The molecule has 1 saturated heterocycles. The highest BCUT2D eigenvalue weighted by molar-refractivity contribution is 5.79. The standard InChI is InChI=1S/C25H27N5O/c1-3-17-4-10-21(11-5-17)23-22(20-8-6-18(14-26)7-9-20)29-24(25(31)30(23)2)28-16-19-12-13-27-15-19/h4-11,19,27H,3,12-13,15-16H2,1-2H3,(H,28,29). The molecule has 2 heterocycles. The highest BCUT2D eigenvalue weighted by Crippen LogP contribution is 2.30. The molecule has 158 valence electrons. The minimum Gasteiger partial charge on any atom is -0.365 e. The minimum atomic E-state index is -0.141. The Hall–Kier alpha value is -3.43. The van der Waals surface area contributed by atoms with Crippen molar-refractivity contribution < 1.29 is 0 Å². The molecule has 1 aliphatic rings. The second-order valence-corrected chi connectivity index (χ2v) is 8.00. The first kappa shape index (κ1) is 20.8. The zero-order valence-corrected chi connectivity index (χ0v) is 18.0. The summed E-state index contributed by atoms with van der Waals surface area (Å²) in [5.74, 6) is 0.855. The largest absolute Gasteiger partial charge is 0.365 e. The van der Waals surface area contributed by atoms with Crippen molar-refractivity contribution in [1.29, 1.82) is 5.26 Å². The van der Waals surface area contributed by atoms with Crippen molar-refractivity contribution in [1.82, 2.24) is 14.9 Å². The summed E-state index contributed by atoms with van der Waals surface area (Å²) in [5.41, 5.74) is 5.00. The third-order valence-corrected chi connectivity index (χ3v) is 5.93. The molecule has 1 unspecified atom stereocenters. The molecule has 2 aromatic carbocycles. The molecule has 6 heteroatoms. The lowest BCUT2D eigenvalue weighted by Gasteiger charge is -2.18. The number of rotatable bonds is 6. The van der Waals surface area contributed by atoms with E-state index < -0.39 is 0 Å². The smallest absolute Gasteiger partial charge is 0.293 e. The molecule has 6 nitrogen and oxygen atoms in total. The molecular weight excluding hydrogens is 386 g/mol. The monoisotopic (exact) mass is 413 g/mol. The van der Waals surface area contributed by atoms with Crippen LogP contribution in [0.2, 0.25) is 0 Å². The third kappa shape index (κ3) is 4.37. The molecule has 0 spiro atoms. The molecule has 31 heavy (non-hydrogen) atoms. The molecule has 1 aromatic heterocycles. The molecule has 0 bridgehead atoms. The quantitative estimate of drug-likeness (QED) is 0.646. The first-order chi connectivity index (χ1) is 15.1. The molecule has 1 atom stereocenters. The van der Waals surface area contributed by atoms with E-state index in [9.17, 15) is 4.79 Å². The molecule has 0 aliphatic carbocycles. The summed E-state index contributed by atoms with van der Waals surface area (Å²) in [6, 6.07) is 17.7. The zero-order valence-electron chi connectivity index (χ0n) is 18.0. The van der Waals surface area contributed by atoms with E-state index in [4.69, 9.17) is 10.2 Å². The number of hydrogen-bond acceptors (Lipinski definition) is 5. The van der Waals surface area contributed by atoms with Crippen LogP contribution in [0.5, 0.6) is 0 Å². The number of nitrogens with one attached hydrogen (secondary N) is 2. The Morgan fingerprint density at radius 1 is 1.16 bits per heavy atom. The highest BCUT2D eigenvalue weighted by Gasteiger charge is 2.20. The van der Waals surface area contributed by atoms with Crippen molar-refractivity contribution in [3.8, 4) is 28.6 Å². The molecule has 2 N–H and O–H groups in total. The van der Waals surface area contributed by atoms with Crippen LogP contribution in [-0.4, -0.2) is 29.2 Å². The van der Waals surface area contributed by atoms with Crippen LogP contribution < -0.4 is 16.2 Å². The normalized spacial score (nSPS) is 15.6. The van der Waals surface area contributed by atoms with E-state index >= 15 is 0 Å². The maximum Gasteiger partial charge on any atom is 0.293 e. The molecule has 1 fully saturated rings. The van der Waals surface area contributed by atoms with Crippen molar-refractivity contribution in [3.05, 3.63) is 70.0 Å². The number of nitriles is 1. The molecular formula is C25H27N5O. The Kier molecular flexibility index (Phi) is 6.15. The van der Waals surface area contributed by atoms with E-state index in [1.165, 1.54) is 5.56 Å². The second kappa shape index (κ2) is 9.15. The molecule has 0 saturated carbocycles. The third-order valence-electron chi connectivity index (χ3n) is 5.93.